The highest BCUT2D eigenvalue weighted by molar-refractivity contribution is 6.06. The number of piperidine rings is 1. The third-order valence-corrected chi connectivity index (χ3v) is 7.27. The lowest BCUT2D eigenvalue weighted by Crippen LogP contribution is -2.40. The lowest BCUT2D eigenvalue weighted by Gasteiger charge is -2.31. The summed E-state index contributed by atoms with van der Waals surface area (Å²) in [5.41, 5.74) is 0.753. The lowest BCUT2D eigenvalue weighted by molar-refractivity contribution is 0.0979. The number of aromatic nitrogens is 2. The standard InChI is InChI=1S/C26H36FN5O/c1-18-22(9-6-10-23(18)27)25(33)32(17-20-11-14-28-15-12-20)24-13-16-29-26(31-24)30-19(2)21-7-4-3-5-8-21/h6,9-10,13,16,19-21,28H,3-5,7-8,11-12,14-15,17H2,1-2H3,(H,29,30,31)/t19-/m0/s1. The maximum absolute atomic E-state index is 14.2. The number of anilines is 2. The average Bonchev–Trinajstić information content (AvgIpc) is 2.85. The van der Waals surface area contributed by atoms with Gasteiger partial charge in [-0.2, -0.15) is 4.98 Å². The second kappa shape index (κ2) is 11.1. The molecule has 2 N–H and O–H groups in total. The summed E-state index contributed by atoms with van der Waals surface area (Å²) in [6, 6.07) is 6.74. The van der Waals surface area contributed by atoms with E-state index in [4.69, 9.17) is 4.98 Å². The molecule has 1 aromatic heterocycles. The summed E-state index contributed by atoms with van der Waals surface area (Å²) < 4.78 is 14.2. The lowest BCUT2D eigenvalue weighted by atomic mass is 9.85. The number of nitrogens with zero attached hydrogens (tertiary/aromatic N) is 3. The van der Waals surface area contributed by atoms with Crippen molar-refractivity contribution in [2.75, 3.05) is 29.9 Å². The van der Waals surface area contributed by atoms with Crippen LogP contribution in [-0.4, -0.2) is 41.6 Å². The van der Waals surface area contributed by atoms with E-state index in [9.17, 15) is 9.18 Å². The maximum Gasteiger partial charge on any atom is 0.259 e. The fraction of sp³-hybridized carbons (Fsp3) is 0.577. The summed E-state index contributed by atoms with van der Waals surface area (Å²) in [6.07, 6.45) is 10.1. The minimum atomic E-state index is -0.367. The fourth-order valence-electron chi connectivity index (χ4n) is 5.11. The smallest absolute Gasteiger partial charge is 0.259 e. The normalized spacial score (nSPS) is 18.6. The molecule has 1 aromatic carbocycles. The van der Waals surface area contributed by atoms with E-state index in [1.807, 2.05) is 0 Å². The molecule has 1 aliphatic carbocycles. The predicted molar refractivity (Wildman–Crippen MR) is 130 cm³/mol. The highest BCUT2D eigenvalue weighted by Crippen LogP contribution is 2.28. The average molecular weight is 454 g/mol. The van der Waals surface area contributed by atoms with Gasteiger partial charge in [0.15, 0.2) is 0 Å². The fourth-order valence-corrected chi connectivity index (χ4v) is 5.11. The van der Waals surface area contributed by atoms with Crippen LogP contribution in [-0.2, 0) is 0 Å². The van der Waals surface area contributed by atoms with E-state index in [0.29, 0.717) is 41.3 Å². The van der Waals surface area contributed by atoms with Gasteiger partial charge in [0.2, 0.25) is 5.95 Å². The molecule has 1 amide bonds. The van der Waals surface area contributed by atoms with Crippen molar-refractivity contribution in [1.82, 2.24) is 15.3 Å². The van der Waals surface area contributed by atoms with Gasteiger partial charge >= 0.3 is 0 Å². The van der Waals surface area contributed by atoms with Gasteiger partial charge in [0.05, 0.1) is 0 Å². The summed E-state index contributed by atoms with van der Waals surface area (Å²) in [7, 11) is 0. The van der Waals surface area contributed by atoms with Crippen molar-refractivity contribution in [3.05, 3.63) is 47.4 Å². The highest BCUT2D eigenvalue weighted by Gasteiger charge is 2.27. The van der Waals surface area contributed by atoms with Gasteiger partial charge < -0.3 is 10.6 Å². The Morgan fingerprint density at radius 3 is 2.70 bits per heavy atom. The third-order valence-electron chi connectivity index (χ3n) is 7.27. The van der Waals surface area contributed by atoms with E-state index in [2.05, 4.69) is 22.5 Å². The molecule has 0 radical (unpaired) electrons. The summed E-state index contributed by atoms with van der Waals surface area (Å²) in [5, 5.41) is 6.86. The van der Waals surface area contributed by atoms with Crippen molar-refractivity contribution >= 4 is 17.7 Å². The highest BCUT2D eigenvalue weighted by atomic mass is 19.1. The second-order valence-corrected chi connectivity index (χ2v) is 9.59. The van der Waals surface area contributed by atoms with Gasteiger partial charge in [-0.1, -0.05) is 25.3 Å². The zero-order valence-electron chi connectivity index (χ0n) is 19.8. The Labute approximate surface area is 196 Å². The molecule has 0 spiro atoms. The number of rotatable bonds is 7. The minimum absolute atomic E-state index is 0.212. The van der Waals surface area contributed by atoms with Crippen LogP contribution in [0.15, 0.2) is 30.5 Å². The number of halogens is 1. The Morgan fingerprint density at radius 1 is 1.18 bits per heavy atom. The number of benzene rings is 1. The maximum atomic E-state index is 14.2. The van der Waals surface area contributed by atoms with Crippen molar-refractivity contribution in [3.8, 4) is 0 Å². The summed E-state index contributed by atoms with van der Waals surface area (Å²) >= 11 is 0. The molecule has 6 nitrogen and oxygen atoms in total. The van der Waals surface area contributed by atoms with Crippen LogP contribution >= 0.6 is 0 Å². The molecule has 0 unspecified atom stereocenters. The van der Waals surface area contributed by atoms with Crippen molar-refractivity contribution in [3.63, 3.8) is 0 Å². The first kappa shape index (κ1) is 23.6. The molecule has 7 heteroatoms. The van der Waals surface area contributed by atoms with Crippen LogP contribution < -0.4 is 15.5 Å². The first-order valence-electron chi connectivity index (χ1n) is 12.4. The Kier molecular flexibility index (Phi) is 7.91. The second-order valence-electron chi connectivity index (χ2n) is 9.59. The number of carbonyl (C=O) groups excluding carboxylic acids is 1. The van der Waals surface area contributed by atoms with Gasteiger partial charge in [0.1, 0.15) is 11.6 Å². The largest absolute Gasteiger partial charge is 0.351 e. The summed E-state index contributed by atoms with van der Waals surface area (Å²) in [4.78, 5) is 24.5. The van der Waals surface area contributed by atoms with Crippen molar-refractivity contribution < 1.29 is 9.18 Å². The molecule has 4 rings (SSSR count). The van der Waals surface area contributed by atoms with Crippen LogP contribution in [0.1, 0.15) is 67.8 Å². The van der Waals surface area contributed by atoms with Crippen molar-refractivity contribution in [2.24, 2.45) is 11.8 Å². The summed E-state index contributed by atoms with van der Waals surface area (Å²) in [5.74, 6) is 1.52. The van der Waals surface area contributed by atoms with Gasteiger partial charge in [-0.15, -0.1) is 0 Å². The van der Waals surface area contributed by atoms with Crippen molar-refractivity contribution in [1.29, 1.82) is 0 Å². The van der Waals surface area contributed by atoms with Gasteiger partial charge in [0, 0.05) is 24.3 Å². The van der Waals surface area contributed by atoms with E-state index >= 15 is 0 Å². The van der Waals surface area contributed by atoms with E-state index in [0.717, 1.165) is 25.9 Å². The van der Waals surface area contributed by atoms with Gasteiger partial charge in [-0.3, -0.25) is 9.69 Å². The number of hydrogen-bond acceptors (Lipinski definition) is 5. The number of carbonyl (C=O) groups is 1. The van der Waals surface area contributed by atoms with Crippen LogP contribution in [0.5, 0.6) is 0 Å². The number of nitrogens with one attached hydrogen (secondary N) is 2. The predicted octanol–water partition coefficient (Wildman–Crippen LogP) is 4.95. The molecule has 1 aliphatic heterocycles. The first-order valence-corrected chi connectivity index (χ1v) is 12.4. The Hall–Kier alpha value is -2.54. The Balaban J connectivity index is 1.58. The molecule has 1 saturated carbocycles. The molecule has 1 saturated heterocycles. The van der Waals surface area contributed by atoms with Crippen LogP contribution in [0.2, 0.25) is 0 Å². The zero-order valence-corrected chi connectivity index (χ0v) is 19.8. The molecule has 2 aromatic rings. The Bertz CT molecular complexity index is 940. The monoisotopic (exact) mass is 453 g/mol. The Morgan fingerprint density at radius 2 is 1.94 bits per heavy atom. The van der Waals surface area contributed by atoms with Crippen molar-refractivity contribution in [2.45, 2.75) is 64.8 Å². The molecule has 2 fully saturated rings. The number of amides is 1. The van der Waals surface area contributed by atoms with Crippen LogP contribution in [0, 0.1) is 24.6 Å². The molecular formula is C26H36FN5O. The summed E-state index contributed by atoms with van der Waals surface area (Å²) in [6.45, 7) is 6.30. The van der Waals surface area contributed by atoms with E-state index in [1.54, 1.807) is 36.2 Å². The third kappa shape index (κ3) is 5.88. The minimum Gasteiger partial charge on any atom is -0.351 e. The molecule has 1 atom stereocenters. The van der Waals surface area contributed by atoms with Gasteiger partial charge in [0.25, 0.3) is 5.91 Å². The molecule has 178 valence electrons. The zero-order chi connectivity index (χ0) is 23.2. The van der Waals surface area contributed by atoms with Crippen LogP contribution in [0.25, 0.3) is 0 Å². The first-order chi connectivity index (χ1) is 16.0. The molecule has 33 heavy (non-hydrogen) atoms. The van der Waals surface area contributed by atoms with Gasteiger partial charge in [-0.25, -0.2) is 9.37 Å². The molecule has 2 aliphatic rings. The van der Waals surface area contributed by atoms with Crippen LogP contribution in [0.3, 0.4) is 0 Å². The van der Waals surface area contributed by atoms with E-state index in [-0.39, 0.29) is 17.8 Å². The number of hydrogen-bond donors (Lipinski definition) is 2. The van der Waals surface area contributed by atoms with Gasteiger partial charge in [-0.05, 0) is 88.2 Å². The molecule has 2 heterocycles. The molecule has 0 bridgehead atoms. The molecular weight excluding hydrogens is 417 g/mol. The SMILES string of the molecule is Cc1c(F)cccc1C(=O)N(CC1CCNCC1)c1ccnc(N[C@@H](C)C2CCCCC2)n1. The van der Waals surface area contributed by atoms with Crippen LogP contribution in [0.4, 0.5) is 16.2 Å². The van der Waals surface area contributed by atoms with E-state index < -0.39 is 0 Å². The topological polar surface area (TPSA) is 70.2 Å². The quantitative estimate of drug-likeness (QED) is 0.621. The van der Waals surface area contributed by atoms with E-state index in [1.165, 1.54) is 38.2 Å².